The fraction of sp³-hybridized carbons (Fsp3) is 0.464. The Bertz CT molecular complexity index is 1390. The number of ether oxygens (including phenoxy) is 2. The summed E-state index contributed by atoms with van der Waals surface area (Å²) < 4.78 is 37.6. The highest BCUT2D eigenvalue weighted by Crippen LogP contribution is 2.48. The summed E-state index contributed by atoms with van der Waals surface area (Å²) in [4.78, 5) is 39.9. The summed E-state index contributed by atoms with van der Waals surface area (Å²) in [6, 6.07) is 7.34. The molecule has 1 unspecified atom stereocenters. The van der Waals surface area contributed by atoms with Crippen molar-refractivity contribution in [1.82, 2.24) is 20.3 Å². The van der Waals surface area contributed by atoms with Gasteiger partial charge in [0.15, 0.2) is 10.9 Å². The number of hydrogen-bond acceptors (Lipinski definition) is 9. The van der Waals surface area contributed by atoms with Crippen LogP contribution in [0.1, 0.15) is 60.1 Å². The van der Waals surface area contributed by atoms with Crippen LogP contribution in [0.4, 0.5) is 19.9 Å². The third kappa shape index (κ3) is 7.07. The minimum absolute atomic E-state index is 0.0358. The van der Waals surface area contributed by atoms with E-state index >= 15 is 0 Å². The molecule has 1 saturated heterocycles. The number of hydrogen-bond donors (Lipinski definition) is 2. The van der Waals surface area contributed by atoms with Gasteiger partial charge in [0.2, 0.25) is 11.9 Å². The van der Waals surface area contributed by atoms with E-state index < -0.39 is 11.8 Å². The Morgan fingerprint density at radius 3 is 2.56 bits per heavy atom. The maximum atomic E-state index is 13.0. The normalized spacial score (nSPS) is 19.9. The lowest BCUT2D eigenvalue weighted by molar-refractivity contribution is -0.115. The van der Waals surface area contributed by atoms with Gasteiger partial charge in [-0.05, 0) is 31.5 Å². The van der Waals surface area contributed by atoms with Gasteiger partial charge in [0.05, 0.1) is 43.2 Å². The van der Waals surface area contributed by atoms with Gasteiger partial charge in [-0.15, -0.1) is 0 Å². The van der Waals surface area contributed by atoms with Crippen molar-refractivity contribution in [2.75, 3.05) is 29.9 Å². The number of halogens is 2. The first-order valence-electron chi connectivity index (χ1n) is 13.5. The lowest BCUT2D eigenvalue weighted by atomic mass is 10.1. The molecule has 0 radical (unpaired) electrons. The summed E-state index contributed by atoms with van der Waals surface area (Å²) in [5.41, 5.74) is 1.48. The highest BCUT2D eigenvalue weighted by molar-refractivity contribution is 7.17. The van der Waals surface area contributed by atoms with Crippen LogP contribution >= 0.6 is 11.3 Å². The second-order valence-electron chi connectivity index (χ2n) is 10.3. The number of aromatic nitrogens is 3. The molecular formula is C28H32F2N6O4S. The van der Waals surface area contributed by atoms with Crippen molar-refractivity contribution in [3.63, 3.8) is 0 Å². The molecule has 41 heavy (non-hydrogen) atoms. The molecule has 1 saturated carbocycles. The molecule has 3 heterocycles. The van der Waals surface area contributed by atoms with Crippen molar-refractivity contribution in [1.29, 1.82) is 0 Å². The zero-order valence-electron chi connectivity index (χ0n) is 23.0. The third-order valence-corrected chi connectivity index (χ3v) is 8.12. The van der Waals surface area contributed by atoms with Crippen LogP contribution in [0.15, 0.2) is 36.7 Å². The SMILES string of the molecule is CCC(=O)Nc1nc(C)c(C(=O)N[C@@H](C)c2ccc(O[C@@H]3CCN(c4ncc(OCC5CC5(F)F)cn4)C3)cc2)s1. The van der Waals surface area contributed by atoms with Gasteiger partial charge in [0.1, 0.15) is 16.7 Å². The highest BCUT2D eigenvalue weighted by atomic mass is 32.1. The number of carbonyl (C=O) groups is 2. The number of carbonyl (C=O) groups excluding carboxylic acids is 2. The van der Waals surface area contributed by atoms with Gasteiger partial charge in [0.25, 0.3) is 11.8 Å². The average Bonchev–Trinajstić information content (AvgIpc) is 3.24. The quantitative estimate of drug-likeness (QED) is 0.330. The van der Waals surface area contributed by atoms with E-state index in [9.17, 15) is 18.4 Å². The molecule has 3 atom stereocenters. The highest BCUT2D eigenvalue weighted by Gasteiger charge is 2.57. The number of amides is 2. The molecule has 0 bridgehead atoms. The van der Waals surface area contributed by atoms with Crippen molar-refractivity contribution in [3.05, 3.63) is 52.8 Å². The Balaban J connectivity index is 1.09. The van der Waals surface area contributed by atoms with E-state index in [0.29, 0.717) is 40.4 Å². The first-order valence-corrected chi connectivity index (χ1v) is 14.3. The third-order valence-electron chi connectivity index (χ3n) is 7.05. The topological polar surface area (TPSA) is 119 Å². The molecule has 2 aliphatic rings. The minimum Gasteiger partial charge on any atom is -0.490 e. The largest absolute Gasteiger partial charge is 0.490 e. The van der Waals surface area contributed by atoms with Gasteiger partial charge in [-0.3, -0.25) is 9.59 Å². The van der Waals surface area contributed by atoms with Gasteiger partial charge in [-0.25, -0.2) is 23.7 Å². The Morgan fingerprint density at radius 1 is 1.20 bits per heavy atom. The Kier molecular flexibility index (Phi) is 8.34. The molecule has 1 aromatic carbocycles. The summed E-state index contributed by atoms with van der Waals surface area (Å²) in [7, 11) is 0. The fourth-order valence-electron chi connectivity index (χ4n) is 4.44. The van der Waals surface area contributed by atoms with Crippen molar-refractivity contribution >= 4 is 34.2 Å². The van der Waals surface area contributed by atoms with E-state index in [0.717, 1.165) is 35.6 Å². The summed E-state index contributed by atoms with van der Waals surface area (Å²) in [5, 5.41) is 6.10. The smallest absolute Gasteiger partial charge is 0.263 e. The standard InChI is InChI=1S/C28H32F2N6O4S/c1-4-23(37)35-27-34-17(3)24(41-27)25(38)33-16(2)18-5-7-20(8-6-18)40-21-9-10-36(14-21)26-31-12-22(13-32-26)39-15-19-11-28(19,29)30/h5-8,12-13,16,19,21H,4,9-11,14-15H2,1-3H3,(H,33,38)(H,34,35,37)/t16-,19?,21+/m0/s1. The van der Waals surface area contributed by atoms with E-state index in [-0.39, 0.29) is 37.0 Å². The monoisotopic (exact) mass is 586 g/mol. The van der Waals surface area contributed by atoms with Crippen LogP contribution in [0, 0.1) is 12.8 Å². The van der Waals surface area contributed by atoms with E-state index in [1.54, 1.807) is 13.8 Å². The van der Waals surface area contributed by atoms with Crippen LogP contribution in [0.5, 0.6) is 11.5 Å². The molecule has 1 aliphatic heterocycles. The van der Waals surface area contributed by atoms with Gasteiger partial charge in [0, 0.05) is 25.8 Å². The number of thiazole rings is 1. The van der Waals surface area contributed by atoms with Gasteiger partial charge < -0.3 is 25.0 Å². The second kappa shape index (κ2) is 11.9. The number of benzene rings is 1. The predicted octanol–water partition coefficient (Wildman–Crippen LogP) is 4.77. The lowest BCUT2D eigenvalue weighted by Gasteiger charge is -2.18. The number of rotatable bonds is 11. The van der Waals surface area contributed by atoms with Crippen LogP contribution in [0.25, 0.3) is 0 Å². The van der Waals surface area contributed by atoms with Crippen LogP contribution in [0.3, 0.4) is 0 Å². The van der Waals surface area contributed by atoms with Crippen LogP contribution < -0.4 is 25.0 Å². The number of nitrogens with one attached hydrogen (secondary N) is 2. The summed E-state index contributed by atoms with van der Waals surface area (Å²) in [5.74, 6) is -2.10. The molecule has 218 valence electrons. The molecule has 2 N–H and O–H groups in total. The van der Waals surface area contributed by atoms with E-state index in [2.05, 4.69) is 25.6 Å². The number of aryl methyl sites for hydroxylation is 1. The number of anilines is 2. The minimum atomic E-state index is -2.61. The van der Waals surface area contributed by atoms with Crippen molar-refractivity contribution in [2.45, 2.75) is 58.1 Å². The maximum absolute atomic E-state index is 13.0. The maximum Gasteiger partial charge on any atom is 0.263 e. The molecule has 0 spiro atoms. The van der Waals surface area contributed by atoms with E-state index in [1.807, 2.05) is 36.1 Å². The van der Waals surface area contributed by atoms with Crippen LogP contribution in [-0.2, 0) is 4.79 Å². The predicted molar refractivity (Wildman–Crippen MR) is 150 cm³/mol. The molecule has 5 rings (SSSR count). The zero-order valence-corrected chi connectivity index (χ0v) is 23.8. The Labute approximate surface area is 240 Å². The molecule has 2 amide bonds. The van der Waals surface area contributed by atoms with Gasteiger partial charge in [-0.1, -0.05) is 30.4 Å². The fourth-order valence-corrected chi connectivity index (χ4v) is 5.33. The van der Waals surface area contributed by atoms with Gasteiger partial charge >= 0.3 is 0 Å². The Hall–Kier alpha value is -3.87. The van der Waals surface area contributed by atoms with E-state index in [1.165, 1.54) is 12.4 Å². The molecule has 1 aliphatic carbocycles. The summed E-state index contributed by atoms with van der Waals surface area (Å²) in [6.07, 6.45) is 3.97. The Morgan fingerprint density at radius 2 is 1.90 bits per heavy atom. The molecule has 2 aromatic heterocycles. The van der Waals surface area contributed by atoms with Crippen LogP contribution in [0.2, 0.25) is 0 Å². The molecule has 13 heteroatoms. The lowest BCUT2D eigenvalue weighted by Crippen LogP contribution is -2.26. The first kappa shape index (κ1) is 28.7. The number of alkyl halides is 2. The molecule has 2 fully saturated rings. The molecule has 3 aromatic rings. The van der Waals surface area contributed by atoms with Gasteiger partial charge in [-0.2, -0.15) is 0 Å². The number of nitrogens with zero attached hydrogens (tertiary/aromatic N) is 4. The molecular weight excluding hydrogens is 554 g/mol. The second-order valence-corrected chi connectivity index (χ2v) is 11.3. The average molecular weight is 587 g/mol. The summed E-state index contributed by atoms with van der Waals surface area (Å²) in [6.45, 7) is 6.69. The zero-order chi connectivity index (χ0) is 29.1. The first-order chi connectivity index (χ1) is 19.6. The summed E-state index contributed by atoms with van der Waals surface area (Å²) >= 11 is 1.15. The van der Waals surface area contributed by atoms with Crippen molar-refractivity contribution < 1.29 is 27.8 Å². The van der Waals surface area contributed by atoms with E-state index in [4.69, 9.17) is 9.47 Å². The van der Waals surface area contributed by atoms with Crippen LogP contribution in [-0.4, -0.2) is 58.5 Å². The van der Waals surface area contributed by atoms with Crippen molar-refractivity contribution in [3.8, 4) is 11.5 Å². The van der Waals surface area contributed by atoms with Crippen molar-refractivity contribution in [2.24, 2.45) is 5.92 Å². The molecule has 10 nitrogen and oxygen atoms in total.